The molecule has 0 amide bonds. The third-order valence-corrected chi connectivity index (χ3v) is 4.08. The van der Waals surface area contributed by atoms with E-state index in [1.54, 1.807) is 0 Å². The highest BCUT2D eigenvalue weighted by atomic mass is 16.5. The maximum absolute atomic E-state index is 5.73. The van der Waals surface area contributed by atoms with Crippen LogP contribution >= 0.6 is 0 Å². The molecule has 0 radical (unpaired) electrons. The van der Waals surface area contributed by atoms with Gasteiger partial charge in [0.1, 0.15) is 0 Å². The molecule has 2 heterocycles. The van der Waals surface area contributed by atoms with Crippen LogP contribution in [0.1, 0.15) is 36.8 Å². The number of benzene rings is 1. The van der Waals surface area contributed by atoms with E-state index in [-0.39, 0.29) is 0 Å². The first-order chi connectivity index (χ1) is 9.42. The zero-order valence-electron chi connectivity index (χ0n) is 11.6. The molecule has 0 aliphatic carbocycles. The van der Waals surface area contributed by atoms with Gasteiger partial charge in [0.25, 0.3) is 0 Å². The van der Waals surface area contributed by atoms with Gasteiger partial charge in [-0.15, -0.1) is 0 Å². The van der Waals surface area contributed by atoms with Crippen LogP contribution in [0.25, 0.3) is 0 Å². The topological polar surface area (TPSA) is 33.3 Å². The van der Waals surface area contributed by atoms with Crippen LogP contribution in [-0.4, -0.2) is 25.8 Å². The Morgan fingerprint density at radius 1 is 1.26 bits per heavy atom. The molecular formula is C16H24N2O. The summed E-state index contributed by atoms with van der Waals surface area (Å²) in [7, 11) is 0. The second-order valence-corrected chi connectivity index (χ2v) is 5.64. The summed E-state index contributed by atoms with van der Waals surface area (Å²) in [4.78, 5) is 0. The molecule has 1 fully saturated rings. The van der Waals surface area contributed by atoms with Crippen molar-refractivity contribution in [1.29, 1.82) is 0 Å². The molecule has 2 aliphatic heterocycles. The van der Waals surface area contributed by atoms with Crippen LogP contribution in [0.3, 0.4) is 0 Å². The van der Waals surface area contributed by atoms with E-state index in [1.807, 2.05) is 0 Å². The lowest BCUT2D eigenvalue weighted by Gasteiger charge is -2.23. The quantitative estimate of drug-likeness (QED) is 0.873. The molecule has 1 aromatic carbocycles. The van der Waals surface area contributed by atoms with Crippen molar-refractivity contribution in [3.8, 4) is 0 Å². The molecule has 3 rings (SSSR count). The summed E-state index contributed by atoms with van der Waals surface area (Å²) >= 11 is 0. The first kappa shape index (κ1) is 12.9. The normalized spacial score (nSPS) is 22.6. The maximum atomic E-state index is 5.73. The van der Waals surface area contributed by atoms with E-state index in [9.17, 15) is 0 Å². The van der Waals surface area contributed by atoms with E-state index in [0.29, 0.717) is 6.10 Å². The van der Waals surface area contributed by atoms with Gasteiger partial charge in [-0.25, -0.2) is 0 Å². The third-order valence-electron chi connectivity index (χ3n) is 4.08. The van der Waals surface area contributed by atoms with Crippen LogP contribution < -0.4 is 10.6 Å². The summed E-state index contributed by atoms with van der Waals surface area (Å²) in [5, 5.41) is 6.99. The number of aryl methyl sites for hydroxylation is 1. The minimum atomic E-state index is 0.424. The summed E-state index contributed by atoms with van der Waals surface area (Å²) in [6.45, 7) is 3.99. The molecule has 1 aromatic rings. The molecule has 0 aromatic heterocycles. The molecule has 19 heavy (non-hydrogen) atoms. The Bertz CT molecular complexity index is 413. The van der Waals surface area contributed by atoms with Crippen LogP contribution in [0.2, 0.25) is 0 Å². The summed E-state index contributed by atoms with van der Waals surface area (Å²) in [5.41, 5.74) is 4.18. The fourth-order valence-corrected chi connectivity index (χ4v) is 2.98. The number of fused-ring (bicyclic) bond motifs is 1. The lowest BCUT2D eigenvalue weighted by molar-refractivity contribution is 0.0168. The van der Waals surface area contributed by atoms with Crippen molar-refractivity contribution in [2.24, 2.45) is 0 Å². The van der Waals surface area contributed by atoms with Crippen molar-refractivity contribution in [3.63, 3.8) is 0 Å². The fourth-order valence-electron chi connectivity index (χ4n) is 2.98. The Labute approximate surface area is 115 Å². The summed E-state index contributed by atoms with van der Waals surface area (Å²) in [5.74, 6) is 0. The Morgan fingerprint density at radius 2 is 2.26 bits per heavy atom. The number of hydrogen-bond donors (Lipinski definition) is 2. The Hall–Kier alpha value is -1.06. The summed E-state index contributed by atoms with van der Waals surface area (Å²) < 4.78 is 5.73. The first-order valence-electron chi connectivity index (χ1n) is 7.60. The van der Waals surface area contributed by atoms with Gasteiger partial charge >= 0.3 is 0 Å². The van der Waals surface area contributed by atoms with Gasteiger partial charge in [0, 0.05) is 31.9 Å². The molecule has 0 saturated carbocycles. The van der Waals surface area contributed by atoms with E-state index in [1.165, 1.54) is 48.9 Å². The SMILES string of the molecule is c1cc2c(cc1CNCC1CCCCO1)CCCN2. The minimum Gasteiger partial charge on any atom is -0.385 e. The maximum Gasteiger partial charge on any atom is 0.0699 e. The van der Waals surface area contributed by atoms with E-state index in [0.717, 1.165) is 26.2 Å². The van der Waals surface area contributed by atoms with Gasteiger partial charge in [-0.05, 0) is 49.3 Å². The molecule has 3 nitrogen and oxygen atoms in total. The van der Waals surface area contributed by atoms with Crippen LogP contribution in [-0.2, 0) is 17.7 Å². The van der Waals surface area contributed by atoms with Gasteiger partial charge in [0.05, 0.1) is 6.10 Å². The highest BCUT2D eigenvalue weighted by molar-refractivity contribution is 5.54. The smallest absolute Gasteiger partial charge is 0.0699 e. The van der Waals surface area contributed by atoms with Gasteiger partial charge < -0.3 is 15.4 Å². The van der Waals surface area contributed by atoms with Gasteiger partial charge in [0.2, 0.25) is 0 Å². The van der Waals surface area contributed by atoms with E-state index in [4.69, 9.17) is 4.74 Å². The Kier molecular flexibility index (Phi) is 4.36. The zero-order chi connectivity index (χ0) is 12.9. The number of hydrogen-bond acceptors (Lipinski definition) is 3. The van der Waals surface area contributed by atoms with Gasteiger partial charge in [-0.1, -0.05) is 12.1 Å². The van der Waals surface area contributed by atoms with Crippen molar-refractivity contribution >= 4 is 5.69 Å². The number of rotatable bonds is 4. The highest BCUT2D eigenvalue weighted by Gasteiger charge is 2.13. The molecule has 1 atom stereocenters. The van der Waals surface area contributed by atoms with Gasteiger partial charge in [0.15, 0.2) is 0 Å². The molecule has 0 spiro atoms. The van der Waals surface area contributed by atoms with Crippen molar-refractivity contribution in [3.05, 3.63) is 29.3 Å². The highest BCUT2D eigenvalue weighted by Crippen LogP contribution is 2.22. The van der Waals surface area contributed by atoms with E-state index >= 15 is 0 Å². The minimum absolute atomic E-state index is 0.424. The van der Waals surface area contributed by atoms with Crippen molar-refractivity contribution < 1.29 is 4.74 Å². The zero-order valence-corrected chi connectivity index (χ0v) is 11.6. The molecule has 3 heteroatoms. The number of nitrogens with one attached hydrogen (secondary N) is 2. The Morgan fingerprint density at radius 3 is 3.16 bits per heavy atom. The van der Waals surface area contributed by atoms with Crippen molar-refractivity contribution in [2.75, 3.05) is 25.0 Å². The molecule has 1 unspecified atom stereocenters. The molecule has 0 bridgehead atoms. The fraction of sp³-hybridized carbons (Fsp3) is 0.625. The summed E-state index contributed by atoms with van der Waals surface area (Å²) in [6, 6.07) is 6.80. The van der Waals surface area contributed by atoms with Crippen molar-refractivity contribution in [1.82, 2.24) is 5.32 Å². The van der Waals surface area contributed by atoms with Crippen molar-refractivity contribution in [2.45, 2.75) is 44.8 Å². The lowest BCUT2D eigenvalue weighted by Crippen LogP contribution is -2.31. The van der Waals surface area contributed by atoms with Crippen LogP contribution in [0.5, 0.6) is 0 Å². The van der Waals surface area contributed by atoms with Crippen LogP contribution in [0.4, 0.5) is 5.69 Å². The predicted molar refractivity (Wildman–Crippen MR) is 78.6 cm³/mol. The van der Waals surface area contributed by atoms with Gasteiger partial charge in [-0.3, -0.25) is 0 Å². The van der Waals surface area contributed by atoms with Crippen LogP contribution in [0, 0.1) is 0 Å². The molecule has 2 aliphatic rings. The second-order valence-electron chi connectivity index (χ2n) is 5.64. The Balaban J connectivity index is 1.49. The number of anilines is 1. The summed E-state index contributed by atoms with van der Waals surface area (Å²) in [6.07, 6.45) is 6.64. The predicted octanol–water partition coefficient (Wildman–Crippen LogP) is 2.70. The monoisotopic (exact) mass is 260 g/mol. The molecule has 104 valence electrons. The standard InChI is InChI=1S/C16H24N2O/c1-2-9-19-15(5-1)12-17-11-13-6-7-16-14(10-13)4-3-8-18-16/h6-7,10,15,17-18H,1-5,8-9,11-12H2. The molecule has 2 N–H and O–H groups in total. The first-order valence-corrected chi connectivity index (χ1v) is 7.60. The third kappa shape index (κ3) is 3.48. The average molecular weight is 260 g/mol. The molecular weight excluding hydrogens is 236 g/mol. The average Bonchev–Trinajstić information content (AvgIpc) is 2.48. The van der Waals surface area contributed by atoms with E-state index in [2.05, 4.69) is 28.8 Å². The lowest BCUT2D eigenvalue weighted by atomic mass is 10.0. The van der Waals surface area contributed by atoms with Gasteiger partial charge in [-0.2, -0.15) is 0 Å². The number of ether oxygens (including phenoxy) is 1. The largest absolute Gasteiger partial charge is 0.385 e. The van der Waals surface area contributed by atoms with Crippen LogP contribution in [0.15, 0.2) is 18.2 Å². The van der Waals surface area contributed by atoms with E-state index < -0.39 is 0 Å². The molecule has 1 saturated heterocycles. The second kappa shape index (κ2) is 6.40.